The largest absolute Gasteiger partial charge is 0.353 e. The maximum Gasteiger partial charge on any atom is 0.224 e. The Bertz CT molecular complexity index is 370. The van der Waals surface area contributed by atoms with E-state index in [1.165, 1.54) is 12.1 Å². The van der Waals surface area contributed by atoms with E-state index < -0.39 is 0 Å². The van der Waals surface area contributed by atoms with E-state index in [1.54, 1.807) is 12.1 Å². The molecule has 1 amide bonds. The summed E-state index contributed by atoms with van der Waals surface area (Å²) in [6.45, 7) is 1.98. The number of rotatable bonds is 6. The third-order valence-electron chi connectivity index (χ3n) is 2.43. The molecule has 0 saturated heterocycles. The molecule has 1 atom stereocenters. The molecule has 1 N–H and O–H groups in total. The molecule has 0 aliphatic heterocycles. The molecule has 0 fully saturated rings. The van der Waals surface area contributed by atoms with E-state index in [0.717, 1.165) is 18.2 Å². The molecule has 2 nitrogen and oxygen atoms in total. The van der Waals surface area contributed by atoms with Crippen LogP contribution in [0.15, 0.2) is 24.3 Å². The smallest absolute Gasteiger partial charge is 0.224 e. The number of carbonyl (C=O) groups excluding carboxylic acids is 1. The molecule has 0 aromatic heterocycles. The SMILES string of the molecule is CC(CCCBr)NC(=O)Cc1cccc(F)c1. The highest BCUT2D eigenvalue weighted by Crippen LogP contribution is 2.05. The molecule has 0 aliphatic rings. The van der Waals surface area contributed by atoms with Gasteiger partial charge in [0, 0.05) is 11.4 Å². The van der Waals surface area contributed by atoms with Crippen LogP contribution in [0.2, 0.25) is 0 Å². The Morgan fingerprint density at radius 2 is 2.29 bits per heavy atom. The molecule has 0 spiro atoms. The number of amides is 1. The van der Waals surface area contributed by atoms with Gasteiger partial charge in [0.1, 0.15) is 5.82 Å². The van der Waals surface area contributed by atoms with Crippen molar-refractivity contribution >= 4 is 21.8 Å². The average molecular weight is 302 g/mol. The van der Waals surface area contributed by atoms with Crippen molar-refractivity contribution in [3.8, 4) is 0 Å². The van der Waals surface area contributed by atoms with Gasteiger partial charge in [-0.1, -0.05) is 28.1 Å². The van der Waals surface area contributed by atoms with Gasteiger partial charge in [0.05, 0.1) is 6.42 Å². The quantitative estimate of drug-likeness (QED) is 0.804. The van der Waals surface area contributed by atoms with Gasteiger partial charge in [0.2, 0.25) is 5.91 Å². The Labute approximate surface area is 110 Å². The lowest BCUT2D eigenvalue weighted by molar-refractivity contribution is -0.121. The predicted octanol–water partition coefficient (Wildman–Crippen LogP) is 3.05. The normalized spacial score (nSPS) is 12.2. The van der Waals surface area contributed by atoms with Crippen LogP contribution in [-0.2, 0) is 11.2 Å². The third kappa shape index (κ3) is 5.82. The summed E-state index contributed by atoms with van der Waals surface area (Å²) in [6, 6.07) is 6.30. The van der Waals surface area contributed by atoms with Gasteiger partial charge in [-0.25, -0.2) is 4.39 Å². The van der Waals surface area contributed by atoms with Crippen LogP contribution >= 0.6 is 15.9 Å². The van der Waals surface area contributed by atoms with Crippen LogP contribution in [0.25, 0.3) is 0 Å². The lowest BCUT2D eigenvalue weighted by Crippen LogP contribution is -2.33. The predicted molar refractivity (Wildman–Crippen MR) is 70.7 cm³/mol. The van der Waals surface area contributed by atoms with Crippen molar-refractivity contribution in [2.75, 3.05) is 5.33 Å². The average Bonchev–Trinajstić information content (AvgIpc) is 2.26. The zero-order valence-corrected chi connectivity index (χ0v) is 11.5. The third-order valence-corrected chi connectivity index (χ3v) is 2.99. The second-order valence-electron chi connectivity index (χ2n) is 4.11. The van der Waals surface area contributed by atoms with E-state index in [4.69, 9.17) is 0 Å². The Morgan fingerprint density at radius 1 is 1.53 bits per heavy atom. The Hall–Kier alpha value is -0.900. The molecule has 1 unspecified atom stereocenters. The fourth-order valence-electron chi connectivity index (χ4n) is 1.61. The number of alkyl halides is 1. The fraction of sp³-hybridized carbons (Fsp3) is 0.462. The molecule has 94 valence electrons. The molecule has 1 aromatic rings. The summed E-state index contributed by atoms with van der Waals surface area (Å²) in [5.41, 5.74) is 0.704. The number of benzene rings is 1. The van der Waals surface area contributed by atoms with Gasteiger partial charge in [-0.2, -0.15) is 0 Å². The van der Waals surface area contributed by atoms with Crippen molar-refractivity contribution in [3.63, 3.8) is 0 Å². The second-order valence-corrected chi connectivity index (χ2v) is 4.90. The van der Waals surface area contributed by atoms with E-state index >= 15 is 0 Å². The minimum Gasteiger partial charge on any atom is -0.353 e. The minimum atomic E-state index is -0.303. The Morgan fingerprint density at radius 3 is 2.94 bits per heavy atom. The highest BCUT2D eigenvalue weighted by atomic mass is 79.9. The van der Waals surface area contributed by atoms with Gasteiger partial charge in [0.25, 0.3) is 0 Å². The van der Waals surface area contributed by atoms with Gasteiger partial charge < -0.3 is 5.32 Å². The summed E-state index contributed by atoms with van der Waals surface area (Å²) in [6.07, 6.45) is 2.21. The molecule has 17 heavy (non-hydrogen) atoms. The first-order valence-corrected chi connectivity index (χ1v) is 6.83. The van der Waals surface area contributed by atoms with Crippen LogP contribution in [0.1, 0.15) is 25.3 Å². The maximum atomic E-state index is 12.9. The zero-order valence-electron chi connectivity index (χ0n) is 9.88. The van der Waals surface area contributed by atoms with Gasteiger partial charge in [-0.15, -0.1) is 0 Å². The van der Waals surface area contributed by atoms with E-state index in [9.17, 15) is 9.18 Å². The summed E-state index contributed by atoms with van der Waals surface area (Å²) in [4.78, 5) is 11.7. The monoisotopic (exact) mass is 301 g/mol. The topological polar surface area (TPSA) is 29.1 Å². The van der Waals surface area contributed by atoms with Gasteiger partial charge >= 0.3 is 0 Å². The summed E-state index contributed by atoms with van der Waals surface area (Å²) >= 11 is 3.35. The van der Waals surface area contributed by atoms with Crippen molar-refractivity contribution < 1.29 is 9.18 Å². The Kier molecular flexibility index (Phi) is 6.19. The molecule has 0 bridgehead atoms. The molecule has 0 aliphatic carbocycles. The van der Waals surface area contributed by atoms with Crippen molar-refractivity contribution in [2.45, 2.75) is 32.2 Å². The van der Waals surface area contributed by atoms with E-state index in [-0.39, 0.29) is 24.2 Å². The van der Waals surface area contributed by atoms with E-state index in [1.807, 2.05) is 6.92 Å². The lowest BCUT2D eigenvalue weighted by Gasteiger charge is -2.13. The number of halogens is 2. The molecule has 0 heterocycles. The maximum absolute atomic E-state index is 12.9. The van der Waals surface area contributed by atoms with Crippen LogP contribution < -0.4 is 5.32 Å². The molecule has 1 rings (SSSR count). The fourth-order valence-corrected chi connectivity index (χ4v) is 1.94. The summed E-state index contributed by atoms with van der Waals surface area (Å²) in [5, 5.41) is 3.84. The zero-order chi connectivity index (χ0) is 12.7. The van der Waals surface area contributed by atoms with Crippen LogP contribution in [0, 0.1) is 5.82 Å². The van der Waals surface area contributed by atoms with Crippen LogP contribution in [0.5, 0.6) is 0 Å². The molecule has 0 radical (unpaired) electrons. The second kappa shape index (κ2) is 7.43. The summed E-state index contributed by atoms with van der Waals surface area (Å²) < 4.78 is 12.9. The van der Waals surface area contributed by atoms with Crippen LogP contribution in [-0.4, -0.2) is 17.3 Å². The molecular formula is C13H17BrFNO. The number of carbonyl (C=O) groups is 1. The minimum absolute atomic E-state index is 0.0577. The number of hydrogen-bond donors (Lipinski definition) is 1. The first-order chi connectivity index (χ1) is 8.11. The van der Waals surface area contributed by atoms with Crippen molar-refractivity contribution in [2.24, 2.45) is 0 Å². The first-order valence-electron chi connectivity index (χ1n) is 5.71. The van der Waals surface area contributed by atoms with Gasteiger partial charge in [-0.05, 0) is 37.5 Å². The van der Waals surface area contributed by atoms with Crippen molar-refractivity contribution in [1.29, 1.82) is 0 Å². The lowest BCUT2D eigenvalue weighted by atomic mass is 10.1. The number of hydrogen-bond acceptors (Lipinski definition) is 1. The molecule has 4 heteroatoms. The summed E-state index contributed by atoms with van der Waals surface area (Å²) in [7, 11) is 0. The molecular weight excluding hydrogens is 285 g/mol. The molecule has 0 saturated carbocycles. The standard InChI is InChI=1S/C13H17BrFNO/c1-10(4-3-7-14)16-13(17)9-11-5-2-6-12(15)8-11/h2,5-6,8,10H,3-4,7,9H2,1H3,(H,16,17). The first kappa shape index (κ1) is 14.2. The van der Waals surface area contributed by atoms with Gasteiger partial charge in [0.15, 0.2) is 0 Å². The Balaban J connectivity index is 2.39. The van der Waals surface area contributed by atoms with Crippen LogP contribution in [0.3, 0.4) is 0 Å². The van der Waals surface area contributed by atoms with E-state index in [0.29, 0.717) is 5.56 Å². The van der Waals surface area contributed by atoms with Crippen LogP contribution in [0.4, 0.5) is 4.39 Å². The van der Waals surface area contributed by atoms with E-state index in [2.05, 4.69) is 21.2 Å². The number of nitrogens with one attached hydrogen (secondary N) is 1. The van der Waals surface area contributed by atoms with Crippen molar-refractivity contribution in [1.82, 2.24) is 5.32 Å². The molecule has 1 aromatic carbocycles. The summed E-state index contributed by atoms with van der Waals surface area (Å²) in [5.74, 6) is -0.361. The highest BCUT2D eigenvalue weighted by molar-refractivity contribution is 9.09. The highest BCUT2D eigenvalue weighted by Gasteiger charge is 2.08. The van der Waals surface area contributed by atoms with Crippen molar-refractivity contribution in [3.05, 3.63) is 35.6 Å². The van der Waals surface area contributed by atoms with Gasteiger partial charge in [-0.3, -0.25) is 4.79 Å².